The predicted octanol–water partition coefficient (Wildman–Crippen LogP) is 2.08. The van der Waals surface area contributed by atoms with Gasteiger partial charge in [-0.2, -0.15) is 0 Å². The van der Waals surface area contributed by atoms with Crippen molar-refractivity contribution in [1.29, 1.82) is 0 Å². The van der Waals surface area contributed by atoms with Crippen LogP contribution in [0.3, 0.4) is 0 Å². The number of carbonyl (C=O) groups excluding carboxylic acids is 2. The zero-order chi connectivity index (χ0) is 17.1. The lowest BCUT2D eigenvalue weighted by Gasteiger charge is -2.25. The number of rotatable bonds is 3. The highest BCUT2D eigenvalue weighted by Gasteiger charge is 2.21. The van der Waals surface area contributed by atoms with Crippen molar-refractivity contribution in [2.45, 2.75) is 6.92 Å². The van der Waals surface area contributed by atoms with Gasteiger partial charge < -0.3 is 9.64 Å². The van der Waals surface area contributed by atoms with Gasteiger partial charge >= 0.3 is 0 Å². The highest BCUT2D eigenvalue weighted by atomic mass is 35.5. The molecule has 0 spiro atoms. The predicted molar refractivity (Wildman–Crippen MR) is 94.1 cm³/mol. The van der Waals surface area contributed by atoms with Crippen LogP contribution in [-0.4, -0.2) is 43.1 Å². The van der Waals surface area contributed by atoms with Crippen LogP contribution in [0.25, 0.3) is 0 Å². The Morgan fingerprint density at radius 2 is 1.92 bits per heavy atom. The van der Waals surface area contributed by atoms with E-state index in [1.54, 1.807) is 19.1 Å². The molecule has 2 N–H and O–H groups in total. The molecule has 0 aliphatic carbocycles. The topological polar surface area (TPSA) is 83.6 Å². The minimum atomic E-state index is -0.407. The number of hydrogen-bond acceptors (Lipinski definition) is 7. The number of anilines is 1. The van der Waals surface area contributed by atoms with Gasteiger partial charge in [0.25, 0.3) is 11.8 Å². The van der Waals surface area contributed by atoms with E-state index < -0.39 is 5.91 Å². The molecule has 24 heavy (non-hydrogen) atoms. The summed E-state index contributed by atoms with van der Waals surface area (Å²) in [5.41, 5.74) is 5.43. The van der Waals surface area contributed by atoms with Gasteiger partial charge in [0, 0.05) is 13.1 Å². The number of aromatic nitrogens is 1. The number of halogens is 1. The summed E-state index contributed by atoms with van der Waals surface area (Å²) in [5, 5.41) is 0.789. The fourth-order valence-electron chi connectivity index (χ4n) is 2.15. The van der Waals surface area contributed by atoms with Crippen molar-refractivity contribution in [2.75, 3.05) is 31.2 Å². The number of hydrogen-bond donors (Lipinski definition) is 2. The van der Waals surface area contributed by atoms with Crippen molar-refractivity contribution in [3.05, 3.63) is 31.9 Å². The second kappa shape index (κ2) is 7.47. The van der Waals surface area contributed by atoms with Crippen LogP contribution in [0.4, 0.5) is 5.13 Å². The van der Waals surface area contributed by atoms with Crippen molar-refractivity contribution in [3.63, 3.8) is 0 Å². The van der Waals surface area contributed by atoms with Crippen LogP contribution in [0, 0.1) is 6.92 Å². The van der Waals surface area contributed by atoms with Crippen LogP contribution in [-0.2, 0) is 4.74 Å². The SMILES string of the molecule is Cc1nc(N2CCOCC2)sc1C(=O)NNC(=O)c1ccc(Cl)s1. The van der Waals surface area contributed by atoms with Crippen molar-refractivity contribution in [2.24, 2.45) is 0 Å². The zero-order valence-electron chi connectivity index (χ0n) is 12.8. The molecular weight excluding hydrogens is 372 g/mol. The summed E-state index contributed by atoms with van der Waals surface area (Å²) in [6.07, 6.45) is 0. The van der Waals surface area contributed by atoms with E-state index in [0.717, 1.165) is 29.6 Å². The molecule has 7 nitrogen and oxygen atoms in total. The highest BCUT2D eigenvalue weighted by molar-refractivity contribution is 7.18. The summed E-state index contributed by atoms with van der Waals surface area (Å²) in [5.74, 6) is -0.795. The molecule has 0 unspecified atom stereocenters. The molecule has 10 heteroatoms. The molecule has 1 aliphatic heterocycles. The summed E-state index contributed by atoms with van der Waals surface area (Å²) < 4.78 is 5.83. The van der Waals surface area contributed by atoms with E-state index in [1.165, 1.54) is 11.3 Å². The molecule has 0 aromatic carbocycles. The highest BCUT2D eigenvalue weighted by Crippen LogP contribution is 2.26. The van der Waals surface area contributed by atoms with Crippen LogP contribution in [0.1, 0.15) is 25.0 Å². The number of aryl methyl sites for hydroxylation is 1. The molecule has 128 valence electrons. The number of nitrogens with zero attached hydrogens (tertiary/aromatic N) is 2. The molecule has 1 saturated heterocycles. The van der Waals surface area contributed by atoms with Crippen molar-refractivity contribution >= 4 is 51.2 Å². The number of hydrazine groups is 1. The molecule has 0 atom stereocenters. The summed E-state index contributed by atoms with van der Waals surface area (Å²) in [6.45, 7) is 4.59. The molecule has 3 rings (SSSR count). The van der Waals surface area contributed by atoms with Gasteiger partial charge in [-0.1, -0.05) is 22.9 Å². The first-order valence-electron chi connectivity index (χ1n) is 7.21. The van der Waals surface area contributed by atoms with Gasteiger partial charge in [-0.05, 0) is 19.1 Å². The molecule has 0 saturated carbocycles. The lowest BCUT2D eigenvalue weighted by Crippen LogP contribution is -2.41. The van der Waals surface area contributed by atoms with Crippen LogP contribution < -0.4 is 15.8 Å². The van der Waals surface area contributed by atoms with Gasteiger partial charge in [-0.3, -0.25) is 20.4 Å². The van der Waals surface area contributed by atoms with Crippen LogP contribution >= 0.6 is 34.3 Å². The third kappa shape index (κ3) is 3.86. The summed E-state index contributed by atoms with van der Waals surface area (Å²) >= 11 is 8.24. The number of amides is 2. The normalized spacial score (nSPS) is 14.5. The fourth-order valence-corrected chi connectivity index (χ4v) is 4.10. The van der Waals surface area contributed by atoms with E-state index >= 15 is 0 Å². The molecule has 2 aromatic heterocycles. The first-order chi connectivity index (χ1) is 11.5. The zero-order valence-corrected chi connectivity index (χ0v) is 15.2. The number of thiophene rings is 1. The summed E-state index contributed by atoms with van der Waals surface area (Å²) in [7, 11) is 0. The standard InChI is InChI=1S/C14H15ClN4O3S2/c1-8-11(24-14(16-8)19-4-6-22-7-5-19)13(21)18-17-12(20)9-2-3-10(15)23-9/h2-3H,4-7H2,1H3,(H,17,20)(H,18,21). The Balaban J connectivity index is 1.62. The average Bonchev–Trinajstić information content (AvgIpc) is 3.19. The summed E-state index contributed by atoms with van der Waals surface area (Å²) in [6, 6.07) is 3.23. The Hall–Kier alpha value is -1.68. The monoisotopic (exact) mass is 386 g/mol. The maximum absolute atomic E-state index is 12.3. The third-order valence-electron chi connectivity index (χ3n) is 3.36. The molecule has 2 amide bonds. The molecule has 0 bridgehead atoms. The van der Waals surface area contributed by atoms with Gasteiger partial charge in [0.2, 0.25) is 0 Å². The number of nitrogens with one attached hydrogen (secondary N) is 2. The van der Waals surface area contributed by atoms with Gasteiger partial charge in [-0.15, -0.1) is 11.3 Å². The van der Waals surface area contributed by atoms with E-state index in [0.29, 0.717) is 33.0 Å². The molecular formula is C14H15ClN4O3S2. The van der Waals surface area contributed by atoms with Crippen molar-refractivity contribution in [1.82, 2.24) is 15.8 Å². The van der Waals surface area contributed by atoms with Gasteiger partial charge in [-0.25, -0.2) is 4.98 Å². The number of carbonyl (C=O) groups is 2. The van der Waals surface area contributed by atoms with E-state index in [1.807, 2.05) is 0 Å². The van der Waals surface area contributed by atoms with E-state index in [4.69, 9.17) is 16.3 Å². The number of morpholine rings is 1. The largest absolute Gasteiger partial charge is 0.378 e. The van der Waals surface area contributed by atoms with E-state index in [2.05, 4.69) is 20.7 Å². The maximum Gasteiger partial charge on any atom is 0.281 e. The Labute approximate surface area is 151 Å². The van der Waals surface area contributed by atoms with E-state index in [-0.39, 0.29) is 5.91 Å². The molecule has 3 heterocycles. The molecule has 2 aromatic rings. The summed E-state index contributed by atoms with van der Waals surface area (Å²) in [4.78, 5) is 31.6. The van der Waals surface area contributed by atoms with E-state index in [9.17, 15) is 9.59 Å². The Kier molecular flexibility index (Phi) is 5.34. The Morgan fingerprint density at radius 3 is 2.58 bits per heavy atom. The second-order valence-electron chi connectivity index (χ2n) is 5.02. The molecule has 1 aliphatic rings. The number of thiazole rings is 1. The molecule has 1 fully saturated rings. The van der Waals surface area contributed by atoms with Crippen molar-refractivity contribution < 1.29 is 14.3 Å². The van der Waals surface area contributed by atoms with Gasteiger partial charge in [0.05, 0.1) is 28.1 Å². The first kappa shape index (κ1) is 17.2. The minimum absolute atomic E-state index is 0.388. The third-order valence-corrected chi connectivity index (χ3v) is 5.81. The maximum atomic E-state index is 12.3. The second-order valence-corrected chi connectivity index (χ2v) is 7.72. The van der Waals surface area contributed by atoms with Gasteiger partial charge in [0.15, 0.2) is 5.13 Å². The average molecular weight is 387 g/mol. The smallest absolute Gasteiger partial charge is 0.281 e. The van der Waals surface area contributed by atoms with Crippen LogP contribution in [0.5, 0.6) is 0 Å². The van der Waals surface area contributed by atoms with Crippen molar-refractivity contribution in [3.8, 4) is 0 Å². The van der Waals surface area contributed by atoms with Crippen LogP contribution in [0.15, 0.2) is 12.1 Å². The molecule has 0 radical (unpaired) electrons. The fraction of sp³-hybridized carbons (Fsp3) is 0.357. The Morgan fingerprint density at radius 1 is 1.21 bits per heavy atom. The minimum Gasteiger partial charge on any atom is -0.378 e. The Bertz CT molecular complexity index is 755. The van der Waals surface area contributed by atoms with Crippen LogP contribution in [0.2, 0.25) is 4.34 Å². The number of ether oxygens (including phenoxy) is 1. The lowest BCUT2D eigenvalue weighted by atomic mass is 10.4. The quantitative estimate of drug-likeness (QED) is 0.789. The van der Waals surface area contributed by atoms with Gasteiger partial charge in [0.1, 0.15) is 4.88 Å². The lowest BCUT2D eigenvalue weighted by molar-refractivity contribution is 0.0850. The first-order valence-corrected chi connectivity index (χ1v) is 9.22.